The first-order valence-electron chi connectivity index (χ1n) is 9.69. The zero-order chi connectivity index (χ0) is 18.8. The van der Waals surface area contributed by atoms with E-state index in [1.165, 1.54) is 10.4 Å². The lowest BCUT2D eigenvalue weighted by molar-refractivity contribution is 0.221. The number of rotatable bonds is 7. The van der Waals surface area contributed by atoms with Crippen molar-refractivity contribution in [2.75, 3.05) is 13.2 Å². The van der Waals surface area contributed by atoms with Gasteiger partial charge in [-0.3, -0.25) is 0 Å². The molecule has 2 aromatic carbocycles. The van der Waals surface area contributed by atoms with Gasteiger partial charge in [0.05, 0.1) is 0 Å². The fourth-order valence-corrected chi connectivity index (χ4v) is 8.86. The minimum Gasteiger partial charge on any atom is -0.407 e. The maximum absolute atomic E-state index is 9.45. The Morgan fingerprint density at radius 2 is 1.50 bits per heavy atom. The van der Waals surface area contributed by atoms with Gasteiger partial charge in [-0.05, 0) is 39.6 Å². The highest BCUT2D eigenvalue weighted by molar-refractivity contribution is 6.99. The summed E-state index contributed by atoms with van der Waals surface area (Å²) in [5.74, 6) is 0.449. The van der Waals surface area contributed by atoms with Gasteiger partial charge in [-0.1, -0.05) is 88.4 Å². The highest BCUT2D eigenvalue weighted by atomic mass is 28.4. The topological polar surface area (TPSA) is 29.5 Å². The van der Waals surface area contributed by atoms with E-state index in [-0.39, 0.29) is 10.5 Å². The molecular weight excluding hydrogens is 336 g/mol. The molecule has 2 nitrogen and oxygen atoms in total. The molecule has 140 valence electrons. The third-order valence-corrected chi connectivity index (χ3v) is 11.2. The first kappa shape index (κ1) is 19.3. The third kappa shape index (κ3) is 3.53. The van der Waals surface area contributed by atoms with Crippen LogP contribution in [0.25, 0.3) is 0 Å². The van der Waals surface area contributed by atoms with Crippen molar-refractivity contribution in [1.29, 1.82) is 0 Å². The van der Waals surface area contributed by atoms with Crippen LogP contribution in [0.4, 0.5) is 0 Å². The number of hydrogen-bond donors (Lipinski definition) is 1. The van der Waals surface area contributed by atoms with E-state index in [4.69, 9.17) is 4.43 Å². The summed E-state index contributed by atoms with van der Waals surface area (Å²) in [6, 6.07) is 21.6. The molecule has 0 spiro atoms. The second-order valence-electron chi connectivity index (χ2n) is 9.00. The molecule has 3 rings (SSSR count). The van der Waals surface area contributed by atoms with Crippen molar-refractivity contribution in [3.8, 4) is 0 Å². The van der Waals surface area contributed by atoms with Crippen molar-refractivity contribution in [3.63, 3.8) is 0 Å². The van der Waals surface area contributed by atoms with Crippen LogP contribution in [0.2, 0.25) is 5.04 Å². The lowest BCUT2D eigenvalue weighted by Crippen LogP contribution is -2.66. The summed E-state index contributed by atoms with van der Waals surface area (Å²) in [6.07, 6.45) is 2.14. The van der Waals surface area contributed by atoms with E-state index >= 15 is 0 Å². The third-order valence-electron chi connectivity index (χ3n) is 6.17. The van der Waals surface area contributed by atoms with Crippen molar-refractivity contribution in [2.45, 2.75) is 45.6 Å². The normalized spacial score (nSPS) is 23.0. The van der Waals surface area contributed by atoms with Gasteiger partial charge < -0.3 is 9.53 Å². The standard InChI is InChI=1S/C23H32O2Si/c1-22(2,3)26(20-11-7-5-8-12-20,21-13-9-6-10-14-21)25-16-15-23(4)17-19(23)18-24/h5-14,19,24H,15-18H2,1-4H3. The van der Waals surface area contributed by atoms with E-state index in [1.807, 2.05) is 0 Å². The Hall–Kier alpha value is -1.42. The number of aliphatic hydroxyl groups is 1. The Kier molecular flexibility index (Phi) is 5.43. The zero-order valence-electron chi connectivity index (χ0n) is 16.5. The van der Waals surface area contributed by atoms with Crippen LogP contribution < -0.4 is 10.4 Å². The predicted octanol–water partition coefficient (Wildman–Crippen LogP) is 3.97. The smallest absolute Gasteiger partial charge is 0.261 e. The molecule has 1 aliphatic carbocycles. The highest BCUT2D eigenvalue weighted by Crippen LogP contribution is 2.54. The molecule has 0 bridgehead atoms. The molecule has 2 aromatic rings. The molecule has 1 N–H and O–H groups in total. The molecule has 0 aromatic heterocycles. The maximum atomic E-state index is 9.45. The number of hydrogen-bond acceptors (Lipinski definition) is 2. The summed E-state index contributed by atoms with van der Waals surface area (Å²) in [5, 5.41) is 12.1. The summed E-state index contributed by atoms with van der Waals surface area (Å²) >= 11 is 0. The quantitative estimate of drug-likeness (QED) is 0.749. The monoisotopic (exact) mass is 368 g/mol. The van der Waals surface area contributed by atoms with Crippen LogP contribution in [-0.2, 0) is 4.43 Å². The molecule has 0 aliphatic heterocycles. The number of benzene rings is 2. The fourth-order valence-electron chi connectivity index (χ4n) is 4.29. The SMILES string of the molecule is CC1(CCO[Si](c2ccccc2)(c2ccccc2)C(C)(C)C)CC1CO. The second-order valence-corrected chi connectivity index (χ2v) is 13.3. The Morgan fingerprint density at radius 3 is 1.88 bits per heavy atom. The fraction of sp³-hybridized carbons (Fsp3) is 0.478. The van der Waals surface area contributed by atoms with Gasteiger partial charge in [0.25, 0.3) is 8.32 Å². The summed E-state index contributed by atoms with van der Waals surface area (Å²) in [7, 11) is -2.42. The molecule has 0 amide bonds. The van der Waals surface area contributed by atoms with Gasteiger partial charge in [0, 0.05) is 13.2 Å². The van der Waals surface area contributed by atoms with Crippen LogP contribution in [0, 0.1) is 11.3 Å². The van der Waals surface area contributed by atoms with Crippen LogP contribution in [0.1, 0.15) is 40.5 Å². The molecule has 0 saturated heterocycles. The van der Waals surface area contributed by atoms with E-state index in [9.17, 15) is 5.11 Å². The Labute approximate surface area is 159 Å². The average molecular weight is 369 g/mol. The molecule has 1 aliphatic rings. The largest absolute Gasteiger partial charge is 0.407 e. The van der Waals surface area contributed by atoms with E-state index in [0.29, 0.717) is 12.5 Å². The van der Waals surface area contributed by atoms with Gasteiger partial charge >= 0.3 is 0 Å². The first-order chi connectivity index (χ1) is 12.3. The Morgan fingerprint density at radius 1 is 1.00 bits per heavy atom. The van der Waals surface area contributed by atoms with Crippen LogP contribution in [-0.4, -0.2) is 26.6 Å². The van der Waals surface area contributed by atoms with Gasteiger partial charge in [-0.15, -0.1) is 0 Å². The van der Waals surface area contributed by atoms with Crippen molar-refractivity contribution in [2.24, 2.45) is 11.3 Å². The van der Waals surface area contributed by atoms with Gasteiger partial charge in [0.15, 0.2) is 0 Å². The molecule has 2 atom stereocenters. The van der Waals surface area contributed by atoms with Gasteiger partial charge in [-0.25, -0.2) is 0 Å². The molecule has 26 heavy (non-hydrogen) atoms. The van der Waals surface area contributed by atoms with Gasteiger partial charge in [0.2, 0.25) is 0 Å². The minimum absolute atomic E-state index is 0.0243. The van der Waals surface area contributed by atoms with Crippen molar-refractivity contribution >= 4 is 18.7 Å². The van der Waals surface area contributed by atoms with Crippen LogP contribution in [0.15, 0.2) is 60.7 Å². The van der Waals surface area contributed by atoms with Crippen LogP contribution >= 0.6 is 0 Å². The van der Waals surface area contributed by atoms with E-state index in [0.717, 1.165) is 19.4 Å². The second kappa shape index (κ2) is 7.30. The molecular formula is C23H32O2Si. The molecule has 0 heterocycles. The van der Waals surface area contributed by atoms with E-state index < -0.39 is 8.32 Å². The summed E-state index contributed by atoms with van der Waals surface area (Å²) in [5.41, 5.74) is 0.250. The maximum Gasteiger partial charge on any atom is 0.261 e. The minimum atomic E-state index is -2.42. The lowest BCUT2D eigenvalue weighted by Gasteiger charge is -2.43. The Balaban J connectivity index is 1.95. The van der Waals surface area contributed by atoms with Crippen LogP contribution in [0.3, 0.4) is 0 Å². The molecule has 2 unspecified atom stereocenters. The molecule has 0 radical (unpaired) electrons. The lowest BCUT2D eigenvalue weighted by atomic mass is 10.0. The molecule has 1 saturated carbocycles. The van der Waals surface area contributed by atoms with Crippen molar-refractivity contribution in [3.05, 3.63) is 60.7 Å². The first-order valence-corrected chi connectivity index (χ1v) is 11.6. The Bertz CT molecular complexity index is 668. The van der Waals surface area contributed by atoms with Crippen LogP contribution in [0.5, 0.6) is 0 Å². The van der Waals surface area contributed by atoms with E-state index in [1.54, 1.807) is 0 Å². The summed E-state index contributed by atoms with van der Waals surface area (Å²) < 4.78 is 6.93. The highest BCUT2D eigenvalue weighted by Gasteiger charge is 2.52. The molecule has 3 heteroatoms. The molecule has 1 fully saturated rings. The number of aliphatic hydroxyl groups excluding tert-OH is 1. The van der Waals surface area contributed by atoms with Gasteiger partial charge in [-0.2, -0.15) is 0 Å². The van der Waals surface area contributed by atoms with Crippen molar-refractivity contribution < 1.29 is 9.53 Å². The van der Waals surface area contributed by atoms with E-state index in [2.05, 4.69) is 88.4 Å². The predicted molar refractivity (Wildman–Crippen MR) is 111 cm³/mol. The summed E-state index contributed by atoms with van der Waals surface area (Å²) in [6.45, 7) is 10.3. The van der Waals surface area contributed by atoms with Gasteiger partial charge in [0.1, 0.15) is 0 Å². The van der Waals surface area contributed by atoms with Crippen molar-refractivity contribution in [1.82, 2.24) is 0 Å². The average Bonchev–Trinajstić information content (AvgIpc) is 3.30. The summed E-state index contributed by atoms with van der Waals surface area (Å²) in [4.78, 5) is 0. The zero-order valence-corrected chi connectivity index (χ0v) is 17.5.